The van der Waals surface area contributed by atoms with Crippen LogP contribution in [-0.2, 0) is 19.3 Å². The van der Waals surface area contributed by atoms with Crippen molar-refractivity contribution in [2.24, 2.45) is 0 Å². The Kier molecular flexibility index (Phi) is 3.51. The van der Waals surface area contributed by atoms with Crippen molar-refractivity contribution in [2.75, 3.05) is 13.1 Å². The third kappa shape index (κ3) is 2.96. The Balaban J connectivity index is 1.84. The molecule has 1 aliphatic rings. The highest BCUT2D eigenvalue weighted by Gasteiger charge is 2.10. The molecule has 2 heterocycles. The van der Waals surface area contributed by atoms with Crippen LogP contribution in [0.4, 0.5) is 4.39 Å². The normalized spacial score (nSPS) is 14.8. The summed E-state index contributed by atoms with van der Waals surface area (Å²) >= 11 is 0. The first-order valence-electron chi connectivity index (χ1n) is 6.60. The molecule has 0 aliphatic carbocycles. The number of hydrogen-bond donors (Lipinski definition) is 1. The van der Waals surface area contributed by atoms with Crippen LogP contribution >= 0.6 is 0 Å². The molecule has 0 saturated carbocycles. The maximum atomic E-state index is 13.1. The zero-order valence-corrected chi connectivity index (χ0v) is 10.7. The molecule has 19 heavy (non-hydrogen) atoms. The molecule has 3 nitrogen and oxygen atoms in total. The molecule has 0 bridgehead atoms. The van der Waals surface area contributed by atoms with E-state index >= 15 is 0 Å². The van der Waals surface area contributed by atoms with Gasteiger partial charge in [-0.2, -0.15) is 0 Å². The first-order valence-corrected chi connectivity index (χ1v) is 6.60. The Labute approximate surface area is 111 Å². The van der Waals surface area contributed by atoms with Crippen molar-refractivity contribution in [2.45, 2.75) is 19.3 Å². The Morgan fingerprint density at radius 1 is 1.21 bits per heavy atom. The van der Waals surface area contributed by atoms with Gasteiger partial charge in [0, 0.05) is 31.3 Å². The van der Waals surface area contributed by atoms with E-state index in [0.29, 0.717) is 6.42 Å². The topological polar surface area (TPSA) is 37.8 Å². The zero-order valence-electron chi connectivity index (χ0n) is 10.7. The van der Waals surface area contributed by atoms with E-state index in [-0.39, 0.29) is 5.82 Å². The fourth-order valence-electron chi connectivity index (χ4n) is 2.38. The number of halogens is 1. The van der Waals surface area contributed by atoms with Gasteiger partial charge in [0.1, 0.15) is 11.6 Å². The number of rotatable bonds is 2. The summed E-state index contributed by atoms with van der Waals surface area (Å²) in [5.74, 6) is 0.558. The van der Waals surface area contributed by atoms with Gasteiger partial charge in [-0.25, -0.2) is 14.4 Å². The van der Waals surface area contributed by atoms with Crippen LogP contribution in [-0.4, -0.2) is 23.1 Å². The first-order chi connectivity index (χ1) is 9.31. The molecule has 3 rings (SSSR count). The van der Waals surface area contributed by atoms with Gasteiger partial charge in [0.25, 0.3) is 0 Å². The highest BCUT2D eigenvalue weighted by atomic mass is 19.1. The standard InChI is InChI=1S/C15H16FN3/c16-13-3-1-2-11(8-13)9-15-18-10-12-4-6-17-7-5-14(12)19-15/h1-3,8,10,17H,4-7,9H2. The largest absolute Gasteiger partial charge is 0.316 e. The highest BCUT2D eigenvalue weighted by molar-refractivity contribution is 5.24. The quantitative estimate of drug-likeness (QED) is 0.893. The molecule has 0 unspecified atom stereocenters. The first kappa shape index (κ1) is 12.2. The maximum Gasteiger partial charge on any atom is 0.132 e. The molecule has 0 amide bonds. The fraction of sp³-hybridized carbons (Fsp3) is 0.333. The monoisotopic (exact) mass is 257 g/mol. The van der Waals surface area contributed by atoms with Crippen molar-refractivity contribution < 1.29 is 4.39 Å². The molecule has 1 aliphatic heterocycles. The lowest BCUT2D eigenvalue weighted by molar-refractivity contribution is 0.625. The molecule has 4 heteroatoms. The van der Waals surface area contributed by atoms with Crippen LogP contribution in [0.1, 0.15) is 22.6 Å². The lowest BCUT2D eigenvalue weighted by Gasteiger charge is -2.06. The summed E-state index contributed by atoms with van der Waals surface area (Å²) in [6.45, 7) is 1.95. The fourth-order valence-corrected chi connectivity index (χ4v) is 2.38. The van der Waals surface area contributed by atoms with Crippen molar-refractivity contribution in [3.63, 3.8) is 0 Å². The van der Waals surface area contributed by atoms with Crippen LogP contribution in [0.25, 0.3) is 0 Å². The molecule has 1 aromatic carbocycles. The zero-order chi connectivity index (χ0) is 13.1. The summed E-state index contributed by atoms with van der Waals surface area (Å²) in [4.78, 5) is 9.02. The second-order valence-corrected chi connectivity index (χ2v) is 4.81. The number of hydrogen-bond acceptors (Lipinski definition) is 3. The molecule has 0 saturated heterocycles. The minimum atomic E-state index is -0.212. The molecule has 1 aromatic heterocycles. The minimum Gasteiger partial charge on any atom is -0.316 e. The van der Waals surface area contributed by atoms with Gasteiger partial charge in [0.05, 0.1) is 0 Å². The third-order valence-corrected chi connectivity index (χ3v) is 3.37. The summed E-state index contributed by atoms with van der Waals surface area (Å²) in [6.07, 6.45) is 4.42. The number of aromatic nitrogens is 2. The van der Waals surface area contributed by atoms with Crippen LogP contribution in [0.3, 0.4) is 0 Å². The van der Waals surface area contributed by atoms with Crippen LogP contribution in [0, 0.1) is 5.82 Å². The van der Waals surface area contributed by atoms with Crippen molar-refractivity contribution in [3.8, 4) is 0 Å². The number of nitrogens with one attached hydrogen (secondary N) is 1. The van der Waals surface area contributed by atoms with Gasteiger partial charge in [0.2, 0.25) is 0 Å². The van der Waals surface area contributed by atoms with E-state index in [9.17, 15) is 4.39 Å². The Morgan fingerprint density at radius 3 is 3.00 bits per heavy atom. The van der Waals surface area contributed by atoms with Gasteiger partial charge in [0.15, 0.2) is 0 Å². The summed E-state index contributed by atoms with van der Waals surface area (Å²) in [7, 11) is 0. The number of benzene rings is 1. The second kappa shape index (κ2) is 5.45. The van der Waals surface area contributed by atoms with Crippen molar-refractivity contribution >= 4 is 0 Å². The summed E-state index contributed by atoms with van der Waals surface area (Å²) < 4.78 is 13.1. The van der Waals surface area contributed by atoms with Crippen LogP contribution < -0.4 is 5.32 Å². The van der Waals surface area contributed by atoms with E-state index in [1.165, 1.54) is 17.7 Å². The molecule has 0 spiro atoms. The highest BCUT2D eigenvalue weighted by Crippen LogP contribution is 2.12. The van der Waals surface area contributed by atoms with Crippen molar-refractivity contribution in [1.82, 2.24) is 15.3 Å². The molecule has 98 valence electrons. The number of fused-ring (bicyclic) bond motifs is 1. The predicted octanol–water partition coefficient (Wildman–Crippen LogP) is 1.89. The van der Waals surface area contributed by atoms with Gasteiger partial charge in [-0.15, -0.1) is 0 Å². The van der Waals surface area contributed by atoms with Crippen molar-refractivity contribution in [3.05, 3.63) is 58.9 Å². The minimum absolute atomic E-state index is 0.212. The summed E-state index contributed by atoms with van der Waals surface area (Å²) in [5, 5.41) is 3.35. The molecule has 0 atom stereocenters. The second-order valence-electron chi connectivity index (χ2n) is 4.81. The lowest BCUT2D eigenvalue weighted by atomic mass is 10.1. The van der Waals surface area contributed by atoms with Gasteiger partial charge in [-0.05, 0) is 36.2 Å². The van der Waals surface area contributed by atoms with Crippen molar-refractivity contribution in [1.29, 1.82) is 0 Å². The van der Waals surface area contributed by atoms with E-state index in [4.69, 9.17) is 0 Å². The molecule has 0 radical (unpaired) electrons. The van der Waals surface area contributed by atoms with Gasteiger partial charge in [-0.3, -0.25) is 0 Å². The smallest absolute Gasteiger partial charge is 0.132 e. The maximum absolute atomic E-state index is 13.1. The van der Waals surface area contributed by atoms with Gasteiger partial charge >= 0.3 is 0 Å². The average molecular weight is 257 g/mol. The van der Waals surface area contributed by atoms with E-state index in [1.807, 2.05) is 12.3 Å². The molecule has 2 aromatic rings. The lowest BCUT2D eigenvalue weighted by Crippen LogP contribution is -2.16. The molecule has 1 N–H and O–H groups in total. The van der Waals surface area contributed by atoms with Crippen LogP contribution in [0.2, 0.25) is 0 Å². The Hall–Kier alpha value is -1.81. The van der Waals surface area contributed by atoms with E-state index in [0.717, 1.165) is 43.0 Å². The van der Waals surface area contributed by atoms with Crippen LogP contribution in [0.5, 0.6) is 0 Å². The van der Waals surface area contributed by atoms with Crippen LogP contribution in [0.15, 0.2) is 30.5 Å². The Bertz CT molecular complexity index is 583. The van der Waals surface area contributed by atoms with E-state index < -0.39 is 0 Å². The Morgan fingerprint density at radius 2 is 2.11 bits per heavy atom. The summed E-state index contributed by atoms with van der Waals surface area (Å²) in [5.41, 5.74) is 3.27. The van der Waals surface area contributed by atoms with Gasteiger partial charge in [-0.1, -0.05) is 12.1 Å². The van der Waals surface area contributed by atoms with E-state index in [2.05, 4.69) is 15.3 Å². The molecular weight excluding hydrogens is 241 g/mol. The molecular formula is C15H16FN3. The summed E-state index contributed by atoms with van der Waals surface area (Å²) in [6, 6.07) is 6.61. The third-order valence-electron chi connectivity index (χ3n) is 3.37. The number of nitrogens with zero attached hydrogens (tertiary/aromatic N) is 2. The molecule has 0 fully saturated rings. The van der Waals surface area contributed by atoms with E-state index in [1.54, 1.807) is 6.07 Å². The SMILES string of the molecule is Fc1cccc(Cc2ncc3c(n2)CCNCC3)c1. The van der Waals surface area contributed by atoms with Gasteiger partial charge < -0.3 is 5.32 Å². The average Bonchev–Trinajstić information content (AvgIpc) is 2.63. The predicted molar refractivity (Wildman–Crippen MR) is 71.5 cm³/mol.